The van der Waals surface area contributed by atoms with E-state index in [4.69, 9.17) is 4.98 Å². The molecule has 1 aliphatic rings. The standard InChI is InChI=1S/C24H26N6O2/c1-26-20-21(27(2)24(32)30(22(20)31)17-18-9-5-3-6-10-18)25-23(26)29-15-13-28(14-16-29)19-11-7-4-8-12-19/h3-12H,13-17H2,1-2H3. The second-order valence-corrected chi connectivity index (χ2v) is 8.17. The van der Waals surface area contributed by atoms with Gasteiger partial charge in [-0.1, -0.05) is 48.5 Å². The van der Waals surface area contributed by atoms with Gasteiger partial charge in [0, 0.05) is 46.0 Å². The van der Waals surface area contributed by atoms with Crippen LogP contribution in [0.3, 0.4) is 0 Å². The van der Waals surface area contributed by atoms with Crippen LogP contribution < -0.4 is 21.0 Å². The van der Waals surface area contributed by atoms with Gasteiger partial charge in [0.1, 0.15) is 0 Å². The SMILES string of the molecule is Cn1c(N2CCN(c3ccccc3)CC2)nc2c1c(=O)n(Cc1ccccc1)c(=O)n2C. The Morgan fingerprint density at radius 1 is 0.781 bits per heavy atom. The second-order valence-electron chi connectivity index (χ2n) is 8.17. The van der Waals surface area contributed by atoms with Gasteiger partial charge in [-0.3, -0.25) is 13.9 Å². The molecule has 0 radical (unpaired) electrons. The van der Waals surface area contributed by atoms with Crippen molar-refractivity contribution in [2.75, 3.05) is 36.0 Å². The topological polar surface area (TPSA) is 68.3 Å². The van der Waals surface area contributed by atoms with Gasteiger partial charge in [-0.05, 0) is 17.7 Å². The monoisotopic (exact) mass is 430 g/mol. The number of nitrogens with zero attached hydrogens (tertiary/aromatic N) is 6. The Hall–Kier alpha value is -3.81. The van der Waals surface area contributed by atoms with Crippen molar-refractivity contribution in [2.45, 2.75) is 6.54 Å². The molecule has 8 nitrogen and oxygen atoms in total. The molecule has 0 saturated carbocycles. The lowest BCUT2D eigenvalue weighted by atomic mass is 10.2. The lowest BCUT2D eigenvalue weighted by Gasteiger charge is -2.36. The highest BCUT2D eigenvalue weighted by molar-refractivity contribution is 5.74. The van der Waals surface area contributed by atoms with Gasteiger partial charge in [0.05, 0.1) is 6.54 Å². The minimum atomic E-state index is -0.357. The predicted molar refractivity (Wildman–Crippen MR) is 127 cm³/mol. The number of hydrogen-bond donors (Lipinski definition) is 0. The normalized spacial score (nSPS) is 14.3. The maximum atomic E-state index is 13.3. The van der Waals surface area contributed by atoms with Crippen molar-refractivity contribution in [3.8, 4) is 0 Å². The van der Waals surface area contributed by atoms with E-state index in [1.165, 1.54) is 14.8 Å². The molecule has 1 saturated heterocycles. The number of rotatable bonds is 4. The molecule has 1 fully saturated rings. The average molecular weight is 431 g/mol. The van der Waals surface area contributed by atoms with E-state index in [1.807, 2.05) is 60.1 Å². The Labute approximate surface area is 185 Å². The molecule has 2 aromatic carbocycles. The van der Waals surface area contributed by atoms with Crippen molar-refractivity contribution in [1.82, 2.24) is 18.7 Å². The van der Waals surface area contributed by atoms with Crippen molar-refractivity contribution in [3.63, 3.8) is 0 Å². The van der Waals surface area contributed by atoms with Gasteiger partial charge in [-0.2, -0.15) is 4.98 Å². The summed E-state index contributed by atoms with van der Waals surface area (Å²) in [5, 5.41) is 0. The highest BCUT2D eigenvalue weighted by Crippen LogP contribution is 2.22. The number of imidazole rings is 1. The molecule has 0 aliphatic carbocycles. The van der Waals surface area contributed by atoms with Crippen molar-refractivity contribution in [1.29, 1.82) is 0 Å². The Morgan fingerprint density at radius 2 is 1.38 bits per heavy atom. The molecule has 0 bridgehead atoms. The highest BCUT2D eigenvalue weighted by Gasteiger charge is 2.24. The fourth-order valence-corrected chi connectivity index (χ4v) is 4.42. The van der Waals surface area contributed by atoms with E-state index in [2.05, 4.69) is 21.9 Å². The van der Waals surface area contributed by atoms with Crippen LogP contribution in [-0.2, 0) is 20.6 Å². The van der Waals surface area contributed by atoms with Crippen molar-refractivity contribution in [3.05, 3.63) is 87.1 Å². The van der Waals surface area contributed by atoms with Gasteiger partial charge in [-0.15, -0.1) is 0 Å². The van der Waals surface area contributed by atoms with Crippen LogP contribution in [0.25, 0.3) is 11.2 Å². The molecule has 8 heteroatoms. The smallest absolute Gasteiger partial charge is 0.332 e. The number of aromatic nitrogens is 4. The number of anilines is 2. The molecule has 5 rings (SSSR count). The summed E-state index contributed by atoms with van der Waals surface area (Å²) in [6, 6.07) is 19.9. The quantitative estimate of drug-likeness (QED) is 0.494. The minimum absolute atomic E-state index is 0.235. The molecule has 1 aliphatic heterocycles. The first-order valence-corrected chi connectivity index (χ1v) is 10.8. The Bertz CT molecular complexity index is 1360. The molecule has 0 N–H and O–H groups in total. The number of aryl methyl sites for hydroxylation is 2. The van der Waals surface area contributed by atoms with E-state index >= 15 is 0 Å². The van der Waals surface area contributed by atoms with Crippen LogP contribution in [0, 0.1) is 0 Å². The first-order chi connectivity index (χ1) is 15.5. The minimum Gasteiger partial charge on any atom is -0.368 e. The zero-order valence-corrected chi connectivity index (χ0v) is 18.3. The Morgan fingerprint density at radius 3 is 2.03 bits per heavy atom. The summed E-state index contributed by atoms with van der Waals surface area (Å²) in [7, 11) is 3.53. The summed E-state index contributed by atoms with van der Waals surface area (Å²) in [6.45, 7) is 3.55. The lowest BCUT2D eigenvalue weighted by molar-refractivity contribution is 0.631. The molecule has 0 amide bonds. The van der Waals surface area contributed by atoms with Crippen LogP contribution in [0.2, 0.25) is 0 Å². The molecule has 0 unspecified atom stereocenters. The molecule has 0 spiro atoms. The molecule has 32 heavy (non-hydrogen) atoms. The van der Waals surface area contributed by atoms with Crippen LogP contribution in [0.15, 0.2) is 70.3 Å². The maximum absolute atomic E-state index is 13.3. The molecular formula is C24H26N6O2. The van der Waals surface area contributed by atoms with Gasteiger partial charge < -0.3 is 14.4 Å². The number of benzene rings is 2. The molecular weight excluding hydrogens is 404 g/mol. The number of fused-ring (bicyclic) bond motifs is 1. The van der Waals surface area contributed by atoms with Crippen LogP contribution in [-0.4, -0.2) is 44.9 Å². The van der Waals surface area contributed by atoms with E-state index < -0.39 is 0 Å². The third-order valence-electron chi connectivity index (χ3n) is 6.20. The zero-order chi connectivity index (χ0) is 22.2. The summed E-state index contributed by atoms with van der Waals surface area (Å²) < 4.78 is 4.59. The van der Waals surface area contributed by atoms with Gasteiger partial charge >= 0.3 is 5.69 Å². The molecule has 4 aromatic rings. The van der Waals surface area contributed by atoms with Crippen LogP contribution in [0.5, 0.6) is 0 Å². The third-order valence-corrected chi connectivity index (χ3v) is 6.20. The molecule has 164 valence electrons. The van der Waals surface area contributed by atoms with E-state index in [1.54, 1.807) is 7.05 Å². The summed E-state index contributed by atoms with van der Waals surface area (Å²) in [6.07, 6.45) is 0. The third kappa shape index (κ3) is 3.37. The average Bonchev–Trinajstić information content (AvgIpc) is 3.19. The predicted octanol–water partition coefficient (Wildman–Crippen LogP) is 1.81. The van der Waals surface area contributed by atoms with Gasteiger partial charge in [0.2, 0.25) is 5.95 Å². The molecule has 3 heterocycles. The van der Waals surface area contributed by atoms with E-state index in [0.717, 1.165) is 37.7 Å². The van der Waals surface area contributed by atoms with Gasteiger partial charge in [-0.25, -0.2) is 4.79 Å². The fraction of sp³-hybridized carbons (Fsp3) is 0.292. The summed E-state index contributed by atoms with van der Waals surface area (Å²) >= 11 is 0. The lowest BCUT2D eigenvalue weighted by Crippen LogP contribution is -2.47. The number of piperazine rings is 1. The van der Waals surface area contributed by atoms with Gasteiger partial charge in [0.15, 0.2) is 11.2 Å². The van der Waals surface area contributed by atoms with Crippen molar-refractivity contribution >= 4 is 22.8 Å². The second kappa shape index (κ2) is 8.03. The molecule has 2 aromatic heterocycles. The van der Waals surface area contributed by atoms with Crippen LogP contribution in [0.1, 0.15) is 5.56 Å². The highest BCUT2D eigenvalue weighted by atomic mass is 16.2. The van der Waals surface area contributed by atoms with E-state index in [9.17, 15) is 9.59 Å². The summed E-state index contributed by atoms with van der Waals surface area (Å²) in [4.78, 5) is 35.5. The zero-order valence-electron chi connectivity index (χ0n) is 18.3. The summed E-state index contributed by atoms with van der Waals surface area (Å²) in [5.41, 5.74) is 2.32. The number of hydrogen-bond acceptors (Lipinski definition) is 5. The Balaban J connectivity index is 1.49. The van der Waals surface area contributed by atoms with Gasteiger partial charge in [0.25, 0.3) is 5.56 Å². The number of para-hydroxylation sites is 1. The van der Waals surface area contributed by atoms with Crippen molar-refractivity contribution in [2.24, 2.45) is 14.1 Å². The van der Waals surface area contributed by atoms with E-state index in [0.29, 0.717) is 11.2 Å². The fourth-order valence-electron chi connectivity index (χ4n) is 4.42. The first kappa shape index (κ1) is 20.1. The first-order valence-electron chi connectivity index (χ1n) is 10.8. The van der Waals surface area contributed by atoms with Crippen LogP contribution >= 0.6 is 0 Å². The summed E-state index contributed by atoms with van der Waals surface area (Å²) in [5.74, 6) is 0.720. The molecule has 0 atom stereocenters. The maximum Gasteiger partial charge on any atom is 0.332 e. The van der Waals surface area contributed by atoms with E-state index in [-0.39, 0.29) is 17.8 Å². The largest absolute Gasteiger partial charge is 0.368 e. The van der Waals surface area contributed by atoms with Crippen molar-refractivity contribution < 1.29 is 0 Å². The Kier molecular flexibility index (Phi) is 5.05. The van der Waals surface area contributed by atoms with Crippen LogP contribution in [0.4, 0.5) is 11.6 Å².